The van der Waals surface area contributed by atoms with Gasteiger partial charge in [0.25, 0.3) is 0 Å². The number of carbonyl (C=O) groups is 1. The van der Waals surface area contributed by atoms with E-state index in [-0.39, 0.29) is 17.4 Å². The van der Waals surface area contributed by atoms with Gasteiger partial charge in [-0.05, 0) is 24.3 Å². The van der Waals surface area contributed by atoms with Crippen LogP contribution in [-0.4, -0.2) is 36.5 Å². The number of hydrogen-bond donors (Lipinski definition) is 1. The summed E-state index contributed by atoms with van der Waals surface area (Å²) in [5.41, 5.74) is 0.274. The van der Waals surface area contributed by atoms with E-state index in [1.165, 1.54) is 0 Å². The molecule has 0 aromatic carbocycles. The molecule has 0 aromatic heterocycles. The van der Waals surface area contributed by atoms with Crippen LogP contribution >= 0.6 is 0 Å². The lowest BCUT2D eigenvalue weighted by Gasteiger charge is -2.31. The van der Waals surface area contributed by atoms with Crippen molar-refractivity contribution in [2.75, 3.05) is 19.6 Å². The molecule has 2 atom stereocenters. The van der Waals surface area contributed by atoms with Crippen LogP contribution in [-0.2, 0) is 4.79 Å². The topological polar surface area (TPSA) is 32.3 Å². The van der Waals surface area contributed by atoms with Gasteiger partial charge < -0.3 is 10.2 Å². The molecule has 3 nitrogen and oxygen atoms in total. The van der Waals surface area contributed by atoms with Crippen LogP contribution in [0.15, 0.2) is 0 Å². The second-order valence-electron chi connectivity index (χ2n) is 5.95. The summed E-state index contributed by atoms with van der Waals surface area (Å²) in [5.74, 6) is 0.828. The Hall–Kier alpha value is -0.570. The number of likely N-dealkylation sites (N-methyl/N-ethyl adjacent to an activating group) is 1. The van der Waals surface area contributed by atoms with E-state index in [2.05, 4.69) is 33.0 Å². The smallest absolute Gasteiger partial charge is 0.239 e. The lowest BCUT2D eigenvalue weighted by molar-refractivity contribution is -0.130. The average molecular weight is 226 g/mol. The van der Waals surface area contributed by atoms with Crippen LogP contribution in [0.2, 0.25) is 0 Å². The molecule has 1 rings (SSSR count). The molecule has 3 heteroatoms. The number of nitrogens with zero attached hydrogens (tertiary/aromatic N) is 1. The monoisotopic (exact) mass is 226 g/mol. The molecule has 0 radical (unpaired) electrons. The Bertz CT molecular complexity index is 245. The number of rotatable bonds is 4. The normalized spacial score (nSPS) is 23.9. The van der Waals surface area contributed by atoms with Gasteiger partial charge in [-0.3, -0.25) is 4.79 Å². The van der Waals surface area contributed by atoms with Gasteiger partial charge in [-0.1, -0.05) is 34.6 Å². The zero-order valence-electron chi connectivity index (χ0n) is 11.3. The average Bonchev–Trinajstić information content (AvgIpc) is 2.49. The SMILES string of the molecule is CCNC1CCN(CC(C)C(C)(C)C)C1=O. The van der Waals surface area contributed by atoms with Gasteiger partial charge in [-0.2, -0.15) is 0 Å². The quantitative estimate of drug-likeness (QED) is 0.794. The first-order chi connectivity index (χ1) is 7.36. The molecule has 2 unspecified atom stereocenters. The van der Waals surface area contributed by atoms with Crippen LogP contribution in [0, 0.1) is 11.3 Å². The van der Waals surface area contributed by atoms with Crippen molar-refractivity contribution in [1.29, 1.82) is 0 Å². The van der Waals surface area contributed by atoms with Crippen molar-refractivity contribution in [1.82, 2.24) is 10.2 Å². The second kappa shape index (κ2) is 5.17. The van der Waals surface area contributed by atoms with Crippen LogP contribution in [0.5, 0.6) is 0 Å². The molecule has 1 aliphatic heterocycles. The van der Waals surface area contributed by atoms with Gasteiger partial charge in [0.2, 0.25) is 5.91 Å². The third-order valence-corrected chi connectivity index (χ3v) is 3.72. The minimum Gasteiger partial charge on any atom is -0.341 e. The van der Waals surface area contributed by atoms with E-state index in [0.717, 1.165) is 26.1 Å². The number of likely N-dealkylation sites (tertiary alicyclic amines) is 1. The predicted molar refractivity (Wildman–Crippen MR) is 67.3 cm³/mol. The predicted octanol–water partition coefficient (Wildman–Crippen LogP) is 1.88. The van der Waals surface area contributed by atoms with Gasteiger partial charge in [0.05, 0.1) is 6.04 Å². The Labute approximate surface area is 99.6 Å². The molecule has 0 bridgehead atoms. The Balaban J connectivity index is 2.49. The summed E-state index contributed by atoms with van der Waals surface area (Å²) in [4.78, 5) is 14.0. The van der Waals surface area contributed by atoms with Gasteiger partial charge in [0, 0.05) is 13.1 Å². The lowest BCUT2D eigenvalue weighted by Crippen LogP contribution is -2.41. The summed E-state index contributed by atoms with van der Waals surface area (Å²) < 4.78 is 0. The highest BCUT2D eigenvalue weighted by Gasteiger charge is 2.33. The summed E-state index contributed by atoms with van der Waals surface area (Å²) in [7, 11) is 0. The Kier molecular flexibility index (Phi) is 4.36. The second-order valence-corrected chi connectivity index (χ2v) is 5.95. The fourth-order valence-electron chi connectivity index (χ4n) is 1.96. The Morgan fingerprint density at radius 1 is 1.50 bits per heavy atom. The molecule has 0 aliphatic carbocycles. The zero-order chi connectivity index (χ0) is 12.3. The van der Waals surface area contributed by atoms with E-state index in [1.54, 1.807) is 0 Å². The fraction of sp³-hybridized carbons (Fsp3) is 0.923. The summed E-state index contributed by atoms with van der Waals surface area (Å²) in [5, 5.41) is 3.24. The Morgan fingerprint density at radius 3 is 2.62 bits per heavy atom. The van der Waals surface area contributed by atoms with Crippen molar-refractivity contribution in [3.8, 4) is 0 Å². The highest BCUT2D eigenvalue weighted by atomic mass is 16.2. The molecular weight excluding hydrogens is 200 g/mol. The van der Waals surface area contributed by atoms with E-state index in [0.29, 0.717) is 5.92 Å². The summed E-state index contributed by atoms with van der Waals surface area (Å²) in [6.07, 6.45) is 0.962. The molecule has 1 aliphatic rings. The van der Waals surface area contributed by atoms with Crippen LogP contribution in [0.4, 0.5) is 0 Å². The molecule has 1 saturated heterocycles. The maximum Gasteiger partial charge on any atom is 0.239 e. The van der Waals surface area contributed by atoms with E-state index >= 15 is 0 Å². The molecule has 94 valence electrons. The van der Waals surface area contributed by atoms with Crippen molar-refractivity contribution in [3.63, 3.8) is 0 Å². The third kappa shape index (κ3) is 3.21. The first kappa shape index (κ1) is 13.5. The van der Waals surface area contributed by atoms with E-state index in [4.69, 9.17) is 0 Å². The molecule has 0 aromatic rings. The van der Waals surface area contributed by atoms with Crippen molar-refractivity contribution < 1.29 is 4.79 Å². The number of carbonyl (C=O) groups excluding carboxylic acids is 1. The highest BCUT2D eigenvalue weighted by molar-refractivity contribution is 5.83. The highest BCUT2D eigenvalue weighted by Crippen LogP contribution is 2.27. The first-order valence-electron chi connectivity index (χ1n) is 6.38. The van der Waals surface area contributed by atoms with Gasteiger partial charge in [0.15, 0.2) is 0 Å². The van der Waals surface area contributed by atoms with Crippen molar-refractivity contribution in [2.45, 2.75) is 47.1 Å². The minimum atomic E-state index is 0.0668. The largest absolute Gasteiger partial charge is 0.341 e. The third-order valence-electron chi connectivity index (χ3n) is 3.72. The Morgan fingerprint density at radius 2 is 2.12 bits per heavy atom. The molecule has 1 heterocycles. The molecule has 0 spiro atoms. The molecule has 0 saturated carbocycles. The lowest BCUT2D eigenvalue weighted by atomic mass is 9.82. The van der Waals surface area contributed by atoms with Gasteiger partial charge in [-0.25, -0.2) is 0 Å². The first-order valence-corrected chi connectivity index (χ1v) is 6.38. The number of amides is 1. The number of nitrogens with one attached hydrogen (secondary N) is 1. The van der Waals surface area contributed by atoms with Crippen LogP contribution in [0.25, 0.3) is 0 Å². The summed E-state index contributed by atoms with van der Waals surface area (Å²) in [6.45, 7) is 13.7. The fourth-order valence-corrected chi connectivity index (χ4v) is 1.96. The van der Waals surface area contributed by atoms with Crippen molar-refractivity contribution in [3.05, 3.63) is 0 Å². The van der Waals surface area contributed by atoms with Gasteiger partial charge in [-0.15, -0.1) is 0 Å². The van der Waals surface area contributed by atoms with Crippen molar-refractivity contribution >= 4 is 5.91 Å². The minimum absolute atomic E-state index is 0.0668. The van der Waals surface area contributed by atoms with Crippen LogP contribution in [0.1, 0.15) is 41.0 Å². The molecule has 1 fully saturated rings. The molecule has 16 heavy (non-hydrogen) atoms. The van der Waals surface area contributed by atoms with Crippen LogP contribution in [0.3, 0.4) is 0 Å². The van der Waals surface area contributed by atoms with E-state index in [9.17, 15) is 4.79 Å². The summed E-state index contributed by atoms with van der Waals surface area (Å²) in [6, 6.07) is 0.0668. The maximum absolute atomic E-state index is 12.0. The number of hydrogen-bond acceptors (Lipinski definition) is 2. The maximum atomic E-state index is 12.0. The van der Waals surface area contributed by atoms with Gasteiger partial charge >= 0.3 is 0 Å². The zero-order valence-corrected chi connectivity index (χ0v) is 11.3. The molecule has 1 N–H and O–H groups in total. The van der Waals surface area contributed by atoms with E-state index < -0.39 is 0 Å². The van der Waals surface area contributed by atoms with E-state index in [1.807, 2.05) is 11.8 Å². The summed E-state index contributed by atoms with van der Waals surface area (Å²) >= 11 is 0. The molecule has 1 amide bonds. The standard InChI is InChI=1S/C13H26N2O/c1-6-14-11-7-8-15(12(11)16)9-10(2)13(3,4)5/h10-11,14H,6-9H2,1-5H3. The van der Waals surface area contributed by atoms with Gasteiger partial charge in [0.1, 0.15) is 0 Å². The van der Waals surface area contributed by atoms with Crippen LogP contribution < -0.4 is 5.32 Å². The van der Waals surface area contributed by atoms with Crippen molar-refractivity contribution in [2.24, 2.45) is 11.3 Å². The molecular formula is C13H26N2O.